The molecule has 0 aliphatic carbocycles. The van der Waals surface area contributed by atoms with Crippen LogP contribution in [-0.4, -0.2) is 24.1 Å². The lowest BCUT2D eigenvalue weighted by Gasteiger charge is -1.99. The molecule has 0 fully saturated rings. The predicted molar refractivity (Wildman–Crippen MR) is 85.4 cm³/mol. The number of halogens is 2. The molecule has 0 aliphatic heterocycles. The van der Waals surface area contributed by atoms with Gasteiger partial charge < -0.3 is 4.57 Å². The molecule has 0 radical (unpaired) electrons. The number of imidazole rings is 1. The van der Waals surface area contributed by atoms with Crippen LogP contribution in [0.25, 0.3) is 28.1 Å². The van der Waals surface area contributed by atoms with E-state index in [4.69, 9.17) is 11.6 Å². The second kappa shape index (κ2) is 4.54. The molecule has 0 spiro atoms. The van der Waals surface area contributed by atoms with Crippen LogP contribution < -0.4 is 0 Å². The van der Waals surface area contributed by atoms with Gasteiger partial charge in [-0.15, -0.1) is 0 Å². The molecule has 7 heteroatoms. The Labute approximate surface area is 133 Å². The zero-order valence-corrected chi connectivity index (χ0v) is 13.3. The van der Waals surface area contributed by atoms with Gasteiger partial charge in [0.05, 0.1) is 12.0 Å². The van der Waals surface area contributed by atoms with Crippen molar-refractivity contribution in [1.82, 2.24) is 24.1 Å². The van der Waals surface area contributed by atoms with Gasteiger partial charge in [0, 0.05) is 23.2 Å². The molecule has 0 aliphatic rings. The highest BCUT2D eigenvalue weighted by Crippen LogP contribution is 2.26. The quantitative estimate of drug-likeness (QED) is 0.485. The lowest BCUT2D eigenvalue weighted by molar-refractivity contribution is 0.876. The molecule has 0 amide bonds. The Balaban J connectivity index is 2.06. The first kappa shape index (κ1) is 12.8. The first-order valence-electron chi connectivity index (χ1n) is 6.26. The molecular weight excluding hydrogens is 354 g/mol. The highest BCUT2D eigenvalue weighted by molar-refractivity contribution is 9.10. The minimum Gasteiger partial charge on any atom is -0.318 e. The van der Waals surface area contributed by atoms with Crippen LogP contribution in [0, 0.1) is 0 Å². The Kier molecular flexibility index (Phi) is 2.77. The summed E-state index contributed by atoms with van der Waals surface area (Å²) in [4.78, 5) is 8.63. The summed E-state index contributed by atoms with van der Waals surface area (Å²) in [6.07, 6.45) is 1.71. The molecule has 0 N–H and O–H groups in total. The van der Waals surface area contributed by atoms with Crippen LogP contribution in [0.5, 0.6) is 0 Å². The lowest BCUT2D eigenvalue weighted by Crippen LogP contribution is -1.98. The molecule has 4 aromatic rings. The topological polar surface area (TPSA) is 48.0 Å². The van der Waals surface area contributed by atoms with Crippen molar-refractivity contribution in [3.63, 3.8) is 0 Å². The van der Waals surface area contributed by atoms with E-state index in [9.17, 15) is 0 Å². The van der Waals surface area contributed by atoms with E-state index in [0.29, 0.717) is 16.3 Å². The highest BCUT2D eigenvalue weighted by atomic mass is 79.9. The van der Waals surface area contributed by atoms with Gasteiger partial charge in [0.1, 0.15) is 5.52 Å². The third-order valence-electron chi connectivity index (χ3n) is 3.33. The molecule has 4 rings (SSSR count). The standard InChI is InChI=1S/C14H9BrClN5/c1-20-7-17-12-13(16)18-11-6-10(19-21(11)14(12)20)8-3-2-4-9(15)5-8/h2-7H,1H3. The molecule has 21 heavy (non-hydrogen) atoms. The van der Waals surface area contributed by atoms with E-state index in [1.165, 1.54) is 0 Å². The Morgan fingerprint density at radius 1 is 1.24 bits per heavy atom. The van der Waals surface area contributed by atoms with Crippen LogP contribution >= 0.6 is 27.5 Å². The molecule has 1 aromatic carbocycles. The lowest BCUT2D eigenvalue weighted by atomic mass is 10.2. The number of aryl methyl sites for hydroxylation is 1. The van der Waals surface area contributed by atoms with Crippen LogP contribution in [0.1, 0.15) is 0 Å². The van der Waals surface area contributed by atoms with Gasteiger partial charge in [-0.2, -0.15) is 9.61 Å². The zero-order valence-electron chi connectivity index (χ0n) is 11.0. The average molecular weight is 363 g/mol. The first-order chi connectivity index (χ1) is 10.1. The average Bonchev–Trinajstić information content (AvgIpc) is 3.03. The Morgan fingerprint density at radius 3 is 2.90 bits per heavy atom. The number of hydrogen-bond acceptors (Lipinski definition) is 3. The van der Waals surface area contributed by atoms with Crippen molar-refractivity contribution in [3.05, 3.63) is 46.3 Å². The minimum absolute atomic E-state index is 0.388. The van der Waals surface area contributed by atoms with Crippen LogP contribution in [-0.2, 0) is 7.05 Å². The van der Waals surface area contributed by atoms with Gasteiger partial charge in [-0.25, -0.2) is 9.97 Å². The summed E-state index contributed by atoms with van der Waals surface area (Å²) in [6.45, 7) is 0. The van der Waals surface area contributed by atoms with E-state index in [1.54, 1.807) is 10.8 Å². The monoisotopic (exact) mass is 361 g/mol. The molecular formula is C14H9BrClN5. The summed E-state index contributed by atoms with van der Waals surface area (Å²) in [7, 11) is 1.91. The molecule has 3 aromatic heterocycles. The summed E-state index contributed by atoms with van der Waals surface area (Å²) >= 11 is 9.67. The van der Waals surface area contributed by atoms with Gasteiger partial charge in [-0.05, 0) is 12.1 Å². The number of hydrogen-bond donors (Lipinski definition) is 0. The van der Waals surface area contributed by atoms with Crippen LogP contribution in [0.4, 0.5) is 0 Å². The van der Waals surface area contributed by atoms with Gasteiger partial charge in [0.2, 0.25) is 0 Å². The third-order valence-corrected chi connectivity index (χ3v) is 4.08. The van der Waals surface area contributed by atoms with Crippen molar-refractivity contribution >= 4 is 44.3 Å². The summed E-state index contributed by atoms with van der Waals surface area (Å²) in [5.74, 6) is 0. The first-order valence-corrected chi connectivity index (χ1v) is 7.43. The van der Waals surface area contributed by atoms with E-state index in [-0.39, 0.29) is 0 Å². The number of benzene rings is 1. The van der Waals surface area contributed by atoms with Gasteiger partial charge in [0.25, 0.3) is 0 Å². The zero-order chi connectivity index (χ0) is 14.6. The normalized spacial score (nSPS) is 11.6. The third kappa shape index (κ3) is 1.94. The maximum absolute atomic E-state index is 6.19. The number of rotatable bonds is 1. The van der Waals surface area contributed by atoms with E-state index >= 15 is 0 Å². The van der Waals surface area contributed by atoms with E-state index < -0.39 is 0 Å². The van der Waals surface area contributed by atoms with Gasteiger partial charge in [-0.1, -0.05) is 39.7 Å². The van der Waals surface area contributed by atoms with Crippen molar-refractivity contribution in [3.8, 4) is 11.3 Å². The molecule has 0 unspecified atom stereocenters. The van der Waals surface area contributed by atoms with E-state index in [2.05, 4.69) is 31.0 Å². The van der Waals surface area contributed by atoms with E-state index in [1.807, 2.05) is 41.9 Å². The summed E-state index contributed by atoms with van der Waals surface area (Å²) in [5, 5.41) is 5.03. The molecule has 0 atom stereocenters. The van der Waals surface area contributed by atoms with Crippen molar-refractivity contribution < 1.29 is 0 Å². The highest BCUT2D eigenvalue weighted by Gasteiger charge is 2.14. The predicted octanol–water partition coefficient (Wildman–Crippen LogP) is 3.70. The molecule has 104 valence electrons. The van der Waals surface area contributed by atoms with Crippen molar-refractivity contribution in [2.75, 3.05) is 0 Å². The largest absolute Gasteiger partial charge is 0.318 e. The fourth-order valence-corrected chi connectivity index (χ4v) is 2.99. The van der Waals surface area contributed by atoms with Crippen LogP contribution in [0.15, 0.2) is 41.1 Å². The molecule has 5 nitrogen and oxygen atoms in total. The fourth-order valence-electron chi connectivity index (χ4n) is 2.37. The second-order valence-corrected chi connectivity index (χ2v) is 6.01. The SMILES string of the molecule is Cn1cnc2c(Cl)nc3cc(-c4cccc(Br)c4)nn3c21. The van der Waals surface area contributed by atoms with Crippen molar-refractivity contribution in [1.29, 1.82) is 0 Å². The maximum Gasteiger partial charge on any atom is 0.166 e. The maximum atomic E-state index is 6.19. The van der Waals surface area contributed by atoms with Gasteiger partial charge >= 0.3 is 0 Å². The number of aromatic nitrogens is 5. The summed E-state index contributed by atoms with van der Waals surface area (Å²) < 4.78 is 4.66. The van der Waals surface area contributed by atoms with Crippen molar-refractivity contribution in [2.24, 2.45) is 7.05 Å². The molecule has 0 saturated carbocycles. The Bertz CT molecular complexity index is 988. The molecule has 0 saturated heterocycles. The number of fused-ring (bicyclic) bond motifs is 3. The van der Waals surface area contributed by atoms with Crippen LogP contribution in [0.3, 0.4) is 0 Å². The van der Waals surface area contributed by atoms with Crippen LogP contribution in [0.2, 0.25) is 5.15 Å². The minimum atomic E-state index is 0.388. The number of nitrogens with zero attached hydrogens (tertiary/aromatic N) is 5. The summed E-state index contributed by atoms with van der Waals surface area (Å²) in [6, 6.07) is 9.90. The summed E-state index contributed by atoms with van der Waals surface area (Å²) in [5.41, 5.74) is 4.03. The second-order valence-electron chi connectivity index (χ2n) is 4.74. The van der Waals surface area contributed by atoms with Gasteiger partial charge in [-0.3, -0.25) is 0 Å². The molecule has 0 bridgehead atoms. The fraction of sp³-hybridized carbons (Fsp3) is 0.0714. The molecule has 3 heterocycles. The smallest absolute Gasteiger partial charge is 0.166 e. The Morgan fingerprint density at radius 2 is 2.10 bits per heavy atom. The van der Waals surface area contributed by atoms with E-state index in [0.717, 1.165) is 21.4 Å². The van der Waals surface area contributed by atoms with Crippen molar-refractivity contribution in [2.45, 2.75) is 0 Å². The Hall–Kier alpha value is -1.92. The van der Waals surface area contributed by atoms with Gasteiger partial charge in [0.15, 0.2) is 16.4 Å².